The van der Waals surface area contributed by atoms with Crippen molar-refractivity contribution in [3.63, 3.8) is 0 Å². The molecule has 0 unspecified atom stereocenters. The largest absolute Gasteiger partial charge is 1.00 e. The Kier molecular flexibility index (Phi) is 13.8. The molecule has 0 rings (SSSR count). The van der Waals surface area contributed by atoms with Crippen molar-refractivity contribution >= 4 is 11.9 Å². The summed E-state index contributed by atoms with van der Waals surface area (Å²) < 4.78 is 0. The van der Waals surface area contributed by atoms with Crippen LogP contribution in [0, 0.1) is 0 Å². The van der Waals surface area contributed by atoms with Gasteiger partial charge in [-0.2, -0.15) is 0 Å². The number of hydrogen-bond acceptors (Lipinski definition) is 3. The van der Waals surface area contributed by atoms with E-state index in [2.05, 4.69) is 6.58 Å². The van der Waals surface area contributed by atoms with Gasteiger partial charge in [0.15, 0.2) is 0 Å². The Morgan fingerprint density at radius 1 is 1.31 bits per heavy atom. The number of likely N-dealkylation sites (N-methyl/N-ethyl adjacent to an activating group) is 1. The molecule has 0 aliphatic carbocycles. The van der Waals surface area contributed by atoms with Crippen molar-refractivity contribution in [1.82, 2.24) is 4.90 Å². The van der Waals surface area contributed by atoms with Crippen LogP contribution in [0.25, 0.3) is 0 Å². The van der Waals surface area contributed by atoms with Crippen LogP contribution in [0.2, 0.25) is 0 Å². The Hall–Kier alpha value is 0.316. The van der Waals surface area contributed by atoms with Gasteiger partial charge in [0.25, 0.3) is 0 Å². The zero-order chi connectivity index (χ0) is 11.7. The topological polar surface area (TPSA) is 60.4 Å². The van der Waals surface area contributed by atoms with Crippen molar-refractivity contribution in [3.8, 4) is 0 Å². The summed E-state index contributed by atoms with van der Waals surface area (Å²) in [6.07, 6.45) is 6.01. The monoisotopic (exact) mass is 251 g/mol. The number of unbranched alkanes of at least 4 members (excludes halogenated alkanes) is 3. The predicted octanol–water partition coefficient (Wildman–Crippen LogP) is -2.66. The van der Waals surface area contributed by atoms with Crippen LogP contribution in [0.4, 0.5) is 0 Å². The number of carbonyl (C=O) groups excluding carboxylic acids is 2. The summed E-state index contributed by atoms with van der Waals surface area (Å²) in [5.41, 5.74) is 0. The minimum absolute atomic E-state index is 0. The molecule has 0 aromatic rings. The summed E-state index contributed by atoms with van der Waals surface area (Å²) in [5, 5.41) is 10.2. The van der Waals surface area contributed by atoms with Gasteiger partial charge >= 0.3 is 51.4 Å². The average molecular weight is 251 g/mol. The van der Waals surface area contributed by atoms with E-state index in [1.54, 1.807) is 0 Å². The molecule has 0 spiro atoms. The number of carbonyl (C=O) groups is 2. The fourth-order valence-corrected chi connectivity index (χ4v) is 1.21. The van der Waals surface area contributed by atoms with E-state index in [9.17, 15) is 14.7 Å². The van der Waals surface area contributed by atoms with Gasteiger partial charge in [0.1, 0.15) is 0 Å². The average Bonchev–Trinajstić information content (AvgIpc) is 2.16. The third kappa shape index (κ3) is 10.8. The summed E-state index contributed by atoms with van der Waals surface area (Å²) in [6, 6.07) is 0. The van der Waals surface area contributed by atoms with Crippen molar-refractivity contribution in [1.29, 1.82) is 0 Å². The maximum Gasteiger partial charge on any atom is 1.00 e. The molecule has 0 saturated heterocycles. The third-order valence-corrected chi connectivity index (χ3v) is 2.09. The summed E-state index contributed by atoms with van der Waals surface area (Å²) in [4.78, 5) is 22.7. The van der Waals surface area contributed by atoms with Gasteiger partial charge in [-0.3, -0.25) is 4.79 Å². The second kappa shape index (κ2) is 11.8. The van der Waals surface area contributed by atoms with E-state index >= 15 is 0 Å². The number of nitrogens with zero attached hydrogens (tertiary/aromatic N) is 1. The fraction of sp³-hybridized carbons (Fsp3) is 0.636. The first-order chi connectivity index (χ1) is 7.07. The molecule has 1 amide bonds. The van der Waals surface area contributed by atoms with Crippen molar-refractivity contribution in [2.24, 2.45) is 0 Å². The molecule has 0 bridgehead atoms. The quantitative estimate of drug-likeness (QED) is 0.269. The van der Waals surface area contributed by atoms with Crippen molar-refractivity contribution in [3.05, 3.63) is 12.7 Å². The van der Waals surface area contributed by atoms with E-state index in [0.717, 1.165) is 25.7 Å². The molecule has 86 valence electrons. The van der Waals surface area contributed by atoms with Crippen LogP contribution in [0.5, 0.6) is 0 Å². The van der Waals surface area contributed by atoms with Gasteiger partial charge in [-0.05, 0) is 19.3 Å². The first-order valence-electron chi connectivity index (χ1n) is 5.12. The van der Waals surface area contributed by atoms with Crippen LogP contribution in [0.1, 0.15) is 32.1 Å². The van der Waals surface area contributed by atoms with Gasteiger partial charge in [-0.15, -0.1) is 6.58 Å². The van der Waals surface area contributed by atoms with Crippen LogP contribution < -0.4 is 56.5 Å². The van der Waals surface area contributed by atoms with E-state index in [0.29, 0.717) is 6.42 Å². The van der Waals surface area contributed by atoms with Crippen LogP contribution >= 0.6 is 0 Å². The molecular formula is C11H18KNO3. The summed E-state index contributed by atoms with van der Waals surface area (Å²) in [6.45, 7) is 3.28. The van der Waals surface area contributed by atoms with Gasteiger partial charge < -0.3 is 14.8 Å². The molecule has 0 heterocycles. The molecule has 0 aliphatic heterocycles. The van der Waals surface area contributed by atoms with E-state index in [1.807, 2.05) is 6.08 Å². The van der Waals surface area contributed by atoms with Gasteiger partial charge in [-0.1, -0.05) is 12.5 Å². The fourth-order valence-electron chi connectivity index (χ4n) is 1.21. The molecule has 0 N–H and O–H groups in total. The second-order valence-electron chi connectivity index (χ2n) is 3.51. The third-order valence-electron chi connectivity index (χ3n) is 2.09. The molecule has 0 fully saturated rings. The van der Waals surface area contributed by atoms with E-state index < -0.39 is 5.97 Å². The molecule has 0 aromatic heterocycles. The normalized spacial score (nSPS) is 9.06. The molecule has 0 aromatic carbocycles. The molecule has 0 aliphatic rings. The number of rotatable bonds is 8. The van der Waals surface area contributed by atoms with E-state index in [4.69, 9.17) is 0 Å². The minimum atomic E-state index is -1.22. The Labute approximate surface area is 139 Å². The SMILES string of the molecule is C=CCCCCCC(=O)N(C)CC(=O)[O-].[K+]. The molecule has 0 saturated carbocycles. The molecule has 0 atom stereocenters. The maximum atomic E-state index is 11.3. The van der Waals surface area contributed by atoms with Crippen molar-refractivity contribution in [2.75, 3.05) is 13.6 Å². The van der Waals surface area contributed by atoms with E-state index in [1.165, 1.54) is 11.9 Å². The molecule has 5 heteroatoms. The molecule has 4 nitrogen and oxygen atoms in total. The van der Waals surface area contributed by atoms with Gasteiger partial charge in [0.2, 0.25) is 5.91 Å². The van der Waals surface area contributed by atoms with Gasteiger partial charge in [0.05, 0.1) is 12.5 Å². The van der Waals surface area contributed by atoms with Crippen molar-refractivity contribution in [2.45, 2.75) is 32.1 Å². The van der Waals surface area contributed by atoms with Crippen LogP contribution in [0.15, 0.2) is 12.7 Å². The Morgan fingerprint density at radius 2 is 1.94 bits per heavy atom. The van der Waals surface area contributed by atoms with Gasteiger partial charge in [0, 0.05) is 13.5 Å². The zero-order valence-electron chi connectivity index (χ0n) is 10.2. The Bertz CT molecular complexity index is 231. The van der Waals surface area contributed by atoms with E-state index in [-0.39, 0.29) is 63.8 Å². The summed E-state index contributed by atoms with van der Waals surface area (Å²) in [7, 11) is 1.47. The molecular weight excluding hydrogens is 233 g/mol. The summed E-state index contributed by atoms with van der Waals surface area (Å²) in [5.74, 6) is -1.37. The number of amides is 1. The minimum Gasteiger partial charge on any atom is -0.548 e. The first kappa shape index (κ1) is 18.7. The molecule has 0 radical (unpaired) electrons. The standard InChI is InChI=1S/C11H19NO3.K/c1-3-4-5-6-7-8-10(13)12(2)9-11(14)15;/h3H,1,4-9H2,2H3,(H,14,15);/q;+1/p-1. The number of allylic oxidation sites excluding steroid dienone is 1. The maximum absolute atomic E-state index is 11.3. The zero-order valence-corrected chi connectivity index (χ0v) is 13.3. The van der Waals surface area contributed by atoms with Crippen molar-refractivity contribution < 1.29 is 66.1 Å². The Balaban J connectivity index is 0. The van der Waals surface area contributed by atoms with Crippen LogP contribution in [0.3, 0.4) is 0 Å². The number of carboxylic acid groups (broad SMARTS) is 1. The van der Waals surface area contributed by atoms with Crippen LogP contribution in [-0.4, -0.2) is 30.4 Å². The number of hydrogen-bond donors (Lipinski definition) is 0. The molecule has 16 heavy (non-hydrogen) atoms. The predicted molar refractivity (Wildman–Crippen MR) is 55.9 cm³/mol. The number of carboxylic acids is 1. The first-order valence-corrected chi connectivity index (χ1v) is 5.12. The number of aliphatic carboxylic acids is 1. The summed E-state index contributed by atoms with van der Waals surface area (Å²) >= 11 is 0. The van der Waals surface area contributed by atoms with Gasteiger partial charge in [-0.25, -0.2) is 0 Å². The smallest absolute Gasteiger partial charge is 0.548 e. The van der Waals surface area contributed by atoms with Crippen LogP contribution in [-0.2, 0) is 9.59 Å². The second-order valence-corrected chi connectivity index (χ2v) is 3.51. The Morgan fingerprint density at radius 3 is 2.44 bits per heavy atom.